The molecule has 0 radical (unpaired) electrons. The highest BCUT2D eigenvalue weighted by Gasteiger charge is 2.44. The third kappa shape index (κ3) is 4.29. The van der Waals surface area contributed by atoms with Crippen molar-refractivity contribution in [2.24, 2.45) is 5.41 Å². The van der Waals surface area contributed by atoms with Crippen molar-refractivity contribution in [3.8, 4) is 11.5 Å². The van der Waals surface area contributed by atoms with Crippen molar-refractivity contribution in [2.75, 3.05) is 19.1 Å². The fourth-order valence-corrected chi connectivity index (χ4v) is 4.87. The number of halogens is 3. The van der Waals surface area contributed by atoms with E-state index >= 15 is 0 Å². The molecule has 8 heteroatoms. The minimum atomic E-state index is -4.48. The molecule has 0 saturated heterocycles. The van der Waals surface area contributed by atoms with E-state index in [9.17, 15) is 22.8 Å². The number of alkyl halides is 3. The monoisotopic (exact) mass is 473 g/mol. The molecule has 0 saturated carbocycles. The van der Waals surface area contributed by atoms with E-state index in [-0.39, 0.29) is 23.5 Å². The Morgan fingerprint density at radius 1 is 0.941 bits per heavy atom. The zero-order chi connectivity index (χ0) is 24.8. The van der Waals surface area contributed by atoms with E-state index in [0.717, 1.165) is 17.7 Å². The Morgan fingerprint density at radius 3 is 2.18 bits per heavy atom. The molecule has 2 aromatic rings. The maximum absolute atomic E-state index is 13.4. The van der Waals surface area contributed by atoms with E-state index in [0.29, 0.717) is 41.3 Å². The van der Waals surface area contributed by atoms with Crippen molar-refractivity contribution in [2.45, 2.75) is 45.2 Å². The van der Waals surface area contributed by atoms with Crippen molar-refractivity contribution in [1.29, 1.82) is 0 Å². The van der Waals surface area contributed by atoms with Gasteiger partial charge in [-0.2, -0.15) is 13.2 Å². The number of methoxy groups -OCH3 is 2. The van der Waals surface area contributed by atoms with Gasteiger partial charge in [-0.3, -0.25) is 14.5 Å². The summed E-state index contributed by atoms with van der Waals surface area (Å²) in [7, 11) is 3.04. The number of carbonyl (C=O) groups excluding carboxylic acids is 2. The lowest BCUT2D eigenvalue weighted by Crippen LogP contribution is -2.43. The number of amides is 1. The van der Waals surface area contributed by atoms with Crippen molar-refractivity contribution < 1.29 is 32.2 Å². The van der Waals surface area contributed by atoms with Gasteiger partial charge < -0.3 is 9.47 Å². The summed E-state index contributed by atoms with van der Waals surface area (Å²) in [5, 5.41) is 0. The number of rotatable bonds is 4. The Labute approximate surface area is 196 Å². The van der Waals surface area contributed by atoms with Crippen molar-refractivity contribution in [3.05, 3.63) is 64.9 Å². The molecular weight excluding hydrogens is 447 g/mol. The number of hydrogen-bond donors (Lipinski definition) is 0. The zero-order valence-electron chi connectivity index (χ0n) is 19.5. The first-order valence-corrected chi connectivity index (χ1v) is 10.9. The van der Waals surface area contributed by atoms with E-state index in [1.54, 1.807) is 12.1 Å². The fraction of sp³-hybridized carbons (Fsp3) is 0.385. The standard InChI is InChI=1S/C26H26F3NO4/c1-25(2)13-19-24(20(31)14-25)18(15-5-10-21(33-3)22(11-15)34-4)12-23(32)30(19)17-8-6-16(7-9-17)26(27,28)29/h5-11,18H,12-14H2,1-4H3. The Bertz CT molecular complexity index is 1170. The van der Waals surface area contributed by atoms with Crippen LogP contribution >= 0.6 is 0 Å². The van der Waals surface area contributed by atoms with Gasteiger partial charge in [0, 0.05) is 35.7 Å². The fourth-order valence-electron chi connectivity index (χ4n) is 4.87. The molecule has 1 unspecified atom stereocenters. The van der Waals surface area contributed by atoms with Crippen LogP contribution in [-0.2, 0) is 15.8 Å². The average Bonchev–Trinajstić information content (AvgIpc) is 2.76. The van der Waals surface area contributed by atoms with Crippen molar-refractivity contribution in [1.82, 2.24) is 0 Å². The smallest absolute Gasteiger partial charge is 0.416 e. The first kappa shape index (κ1) is 23.9. The predicted molar refractivity (Wildman–Crippen MR) is 121 cm³/mol. The lowest BCUT2D eigenvalue weighted by atomic mass is 9.69. The minimum Gasteiger partial charge on any atom is -0.493 e. The highest BCUT2D eigenvalue weighted by molar-refractivity contribution is 6.07. The molecule has 0 spiro atoms. The summed E-state index contributed by atoms with van der Waals surface area (Å²) in [5.74, 6) is 0.212. The second-order valence-electron chi connectivity index (χ2n) is 9.45. The van der Waals surface area contributed by atoms with Gasteiger partial charge in [0.15, 0.2) is 17.3 Å². The Balaban J connectivity index is 1.85. The number of hydrogen-bond acceptors (Lipinski definition) is 4. The van der Waals surface area contributed by atoms with Gasteiger partial charge in [0.2, 0.25) is 5.91 Å². The highest BCUT2D eigenvalue weighted by atomic mass is 19.4. The second-order valence-corrected chi connectivity index (χ2v) is 9.45. The number of carbonyl (C=O) groups is 2. The first-order chi connectivity index (χ1) is 15.9. The van der Waals surface area contributed by atoms with Crippen LogP contribution in [0.2, 0.25) is 0 Å². The zero-order valence-corrected chi connectivity index (χ0v) is 19.5. The number of benzene rings is 2. The number of allylic oxidation sites excluding steroid dienone is 2. The van der Waals surface area contributed by atoms with E-state index in [4.69, 9.17) is 9.47 Å². The van der Waals surface area contributed by atoms with Crippen LogP contribution in [0.4, 0.5) is 18.9 Å². The highest BCUT2D eigenvalue weighted by Crippen LogP contribution is 2.49. The average molecular weight is 473 g/mol. The normalized spacial score (nSPS) is 20.3. The Morgan fingerprint density at radius 2 is 1.59 bits per heavy atom. The molecule has 1 aliphatic carbocycles. The lowest BCUT2D eigenvalue weighted by molar-refractivity contribution is -0.137. The van der Waals surface area contributed by atoms with E-state index in [1.807, 2.05) is 19.9 Å². The summed E-state index contributed by atoms with van der Waals surface area (Å²) < 4.78 is 49.9. The second kappa shape index (κ2) is 8.49. The molecule has 0 fully saturated rings. The van der Waals surface area contributed by atoms with Crippen LogP contribution in [-0.4, -0.2) is 25.9 Å². The molecule has 2 aromatic carbocycles. The van der Waals surface area contributed by atoms with Crippen molar-refractivity contribution >= 4 is 17.4 Å². The van der Waals surface area contributed by atoms with Gasteiger partial charge >= 0.3 is 6.18 Å². The summed E-state index contributed by atoms with van der Waals surface area (Å²) in [5.41, 5.74) is 0.974. The number of nitrogens with zero attached hydrogens (tertiary/aromatic N) is 1. The van der Waals surface area contributed by atoms with Crippen LogP contribution in [0.3, 0.4) is 0 Å². The third-order valence-electron chi connectivity index (χ3n) is 6.41. The molecule has 1 aliphatic heterocycles. The predicted octanol–water partition coefficient (Wildman–Crippen LogP) is 5.89. The Kier molecular flexibility index (Phi) is 5.96. The maximum atomic E-state index is 13.4. The molecule has 4 rings (SSSR count). The van der Waals surface area contributed by atoms with Gasteiger partial charge in [-0.1, -0.05) is 19.9 Å². The van der Waals surface area contributed by atoms with Crippen LogP contribution < -0.4 is 14.4 Å². The molecule has 34 heavy (non-hydrogen) atoms. The van der Waals surface area contributed by atoms with Crippen LogP contribution in [0.25, 0.3) is 0 Å². The first-order valence-electron chi connectivity index (χ1n) is 10.9. The minimum absolute atomic E-state index is 0.0154. The van der Waals surface area contributed by atoms with E-state index in [2.05, 4.69) is 0 Å². The SMILES string of the molecule is COc1ccc(C2CC(=O)N(c3ccc(C(F)(F)F)cc3)C3=C2C(=O)CC(C)(C)C3)cc1OC. The summed E-state index contributed by atoms with van der Waals surface area (Å²) >= 11 is 0. The topological polar surface area (TPSA) is 55.8 Å². The van der Waals surface area contributed by atoms with Crippen molar-refractivity contribution in [3.63, 3.8) is 0 Å². The maximum Gasteiger partial charge on any atom is 0.416 e. The van der Waals surface area contributed by atoms with Crippen LogP contribution in [0.5, 0.6) is 11.5 Å². The Hall–Kier alpha value is -3.29. The molecule has 0 N–H and O–H groups in total. The van der Waals surface area contributed by atoms with Crippen LogP contribution in [0.15, 0.2) is 53.7 Å². The summed E-state index contributed by atoms with van der Waals surface area (Å²) in [6.07, 6.45) is -3.69. The number of ketones is 1. The van der Waals surface area contributed by atoms with Gasteiger partial charge in [-0.05, 0) is 53.8 Å². The van der Waals surface area contributed by atoms with E-state index in [1.165, 1.54) is 31.3 Å². The summed E-state index contributed by atoms with van der Waals surface area (Å²) in [4.78, 5) is 28.2. The lowest BCUT2D eigenvalue weighted by Gasteiger charge is -2.43. The molecule has 1 amide bonds. The molecule has 1 heterocycles. The van der Waals surface area contributed by atoms with E-state index < -0.39 is 17.7 Å². The number of anilines is 1. The molecule has 2 aliphatic rings. The molecular formula is C26H26F3NO4. The molecule has 0 bridgehead atoms. The number of Topliss-reactive ketones (excluding diaryl/α,β-unsaturated/α-hetero) is 1. The largest absolute Gasteiger partial charge is 0.493 e. The van der Waals surface area contributed by atoms with Gasteiger partial charge in [-0.15, -0.1) is 0 Å². The third-order valence-corrected chi connectivity index (χ3v) is 6.41. The molecule has 180 valence electrons. The summed E-state index contributed by atoms with van der Waals surface area (Å²) in [6, 6.07) is 9.80. The molecule has 0 aromatic heterocycles. The number of ether oxygens (including phenoxy) is 2. The van der Waals surface area contributed by atoms with Gasteiger partial charge in [0.25, 0.3) is 0 Å². The van der Waals surface area contributed by atoms with Crippen LogP contribution in [0, 0.1) is 5.41 Å². The quantitative estimate of drug-likeness (QED) is 0.556. The molecule has 5 nitrogen and oxygen atoms in total. The van der Waals surface area contributed by atoms with Gasteiger partial charge in [0.05, 0.1) is 19.8 Å². The van der Waals surface area contributed by atoms with Gasteiger partial charge in [0.1, 0.15) is 0 Å². The molecule has 1 atom stereocenters. The summed E-state index contributed by atoms with van der Waals surface area (Å²) in [6.45, 7) is 3.90. The van der Waals surface area contributed by atoms with Gasteiger partial charge in [-0.25, -0.2) is 0 Å². The van der Waals surface area contributed by atoms with Crippen LogP contribution in [0.1, 0.15) is 50.2 Å².